The van der Waals surface area contributed by atoms with Gasteiger partial charge in [-0.2, -0.15) is 0 Å². The lowest BCUT2D eigenvalue weighted by Crippen LogP contribution is -2.13. The molecule has 0 bridgehead atoms. The summed E-state index contributed by atoms with van der Waals surface area (Å²) in [6, 6.07) is 6.48. The van der Waals surface area contributed by atoms with Crippen molar-refractivity contribution in [3.63, 3.8) is 0 Å². The minimum absolute atomic E-state index is 0.0664. The van der Waals surface area contributed by atoms with E-state index in [0.29, 0.717) is 16.5 Å². The Kier molecular flexibility index (Phi) is 4.45. The number of hydrogen-bond donors (Lipinski definition) is 0. The van der Waals surface area contributed by atoms with Gasteiger partial charge < -0.3 is 4.74 Å². The number of rotatable bonds is 5. The third kappa shape index (κ3) is 3.50. The number of tetrazole rings is 1. The highest BCUT2D eigenvalue weighted by molar-refractivity contribution is 7.98. The molecule has 1 aromatic heterocycles. The standard InChI is InChI=1S/C11H11FN4O2S/c1-18-10(17)6-16-11(13-14-15-16)19-7-8-4-2-3-5-9(8)12/h2-5H,6-7H2,1H3. The normalized spacial score (nSPS) is 10.4. The third-order valence-electron chi connectivity index (χ3n) is 2.32. The van der Waals surface area contributed by atoms with Gasteiger partial charge in [-0.1, -0.05) is 30.0 Å². The number of nitrogens with zero attached hydrogens (tertiary/aromatic N) is 4. The lowest BCUT2D eigenvalue weighted by molar-refractivity contribution is -0.141. The summed E-state index contributed by atoms with van der Waals surface area (Å²) in [4.78, 5) is 11.2. The van der Waals surface area contributed by atoms with Crippen LogP contribution in [-0.4, -0.2) is 33.3 Å². The summed E-state index contributed by atoms with van der Waals surface area (Å²) in [5.41, 5.74) is 0.556. The predicted molar refractivity (Wildman–Crippen MR) is 65.8 cm³/mol. The van der Waals surface area contributed by atoms with Crippen molar-refractivity contribution >= 4 is 17.7 Å². The second-order valence-corrected chi connectivity index (χ2v) is 4.52. The van der Waals surface area contributed by atoms with Gasteiger partial charge in [-0.3, -0.25) is 4.79 Å². The summed E-state index contributed by atoms with van der Waals surface area (Å²) in [5, 5.41) is 11.4. The van der Waals surface area contributed by atoms with Crippen molar-refractivity contribution < 1.29 is 13.9 Å². The van der Waals surface area contributed by atoms with E-state index in [1.54, 1.807) is 18.2 Å². The molecule has 0 saturated carbocycles. The first kappa shape index (κ1) is 13.5. The highest BCUT2D eigenvalue weighted by Gasteiger charge is 2.12. The maximum Gasteiger partial charge on any atom is 0.327 e. The molecule has 0 radical (unpaired) electrons. The van der Waals surface area contributed by atoms with Gasteiger partial charge in [-0.05, 0) is 22.1 Å². The van der Waals surface area contributed by atoms with Crippen LogP contribution in [0.4, 0.5) is 4.39 Å². The molecule has 2 aromatic rings. The molecule has 0 aliphatic heterocycles. The van der Waals surface area contributed by atoms with Crippen LogP contribution in [0.15, 0.2) is 29.4 Å². The number of carbonyl (C=O) groups is 1. The summed E-state index contributed by atoms with van der Waals surface area (Å²) < 4.78 is 19.3. The first-order valence-electron chi connectivity index (χ1n) is 5.40. The molecule has 6 nitrogen and oxygen atoms in total. The molecule has 0 atom stereocenters. The fourth-order valence-electron chi connectivity index (χ4n) is 1.34. The SMILES string of the molecule is COC(=O)Cn1nnnc1SCc1ccccc1F. The number of thioether (sulfide) groups is 1. The quantitative estimate of drug-likeness (QED) is 0.607. The van der Waals surface area contributed by atoms with E-state index in [1.165, 1.54) is 29.6 Å². The van der Waals surface area contributed by atoms with E-state index in [0.717, 1.165) is 0 Å². The number of halogens is 1. The summed E-state index contributed by atoms with van der Waals surface area (Å²) in [7, 11) is 1.29. The Balaban J connectivity index is 2.02. The molecular weight excluding hydrogens is 271 g/mol. The van der Waals surface area contributed by atoms with Crippen LogP contribution in [0.3, 0.4) is 0 Å². The zero-order valence-electron chi connectivity index (χ0n) is 10.1. The number of esters is 1. The molecule has 0 spiro atoms. The number of ether oxygens (including phenoxy) is 1. The molecule has 1 aromatic carbocycles. The Morgan fingerprint density at radius 3 is 3.00 bits per heavy atom. The Bertz CT molecular complexity index is 575. The molecular formula is C11H11FN4O2S. The summed E-state index contributed by atoms with van der Waals surface area (Å²) >= 11 is 1.25. The van der Waals surface area contributed by atoms with E-state index in [2.05, 4.69) is 20.3 Å². The third-order valence-corrected chi connectivity index (χ3v) is 3.33. The molecule has 8 heteroatoms. The van der Waals surface area contributed by atoms with E-state index in [1.807, 2.05) is 0 Å². The van der Waals surface area contributed by atoms with Gasteiger partial charge in [0, 0.05) is 5.75 Å². The second-order valence-electron chi connectivity index (χ2n) is 3.58. The smallest absolute Gasteiger partial charge is 0.327 e. The average Bonchev–Trinajstić information content (AvgIpc) is 2.85. The molecule has 1 heterocycles. The van der Waals surface area contributed by atoms with Gasteiger partial charge in [0.1, 0.15) is 12.4 Å². The van der Waals surface area contributed by atoms with Crippen molar-refractivity contribution in [2.75, 3.05) is 7.11 Å². The minimum atomic E-state index is -0.444. The Hall–Kier alpha value is -1.96. The largest absolute Gasteiger partial charge is 0.468 e. The average molecular weight is 282 g/mol. The van der Waals surface area contributed by atoms with E-state index in [-0.39, 0.29) is 12.4 Å². The van der Waals surface area contributed by atoms with Gasteiger partial charge >= 0.3 is 5.97 Å². The van der Waals surface area contributed by atoms with Crippen LogP contribution >= 0.6 is 11.8 Å². The van der Waals surface area contributed by atoms with Crippen LogP contribution in [-0.2, 0) is 21.8 Å². The topological polar surface area (TPSA) is 69.9 Å². The predicted octanol–water partition coefficient (Wildman–Crippen LogP) is 1.28. The molecule has 0 fully saturated rings. The van der Waals surface area contributed by atoms with Crippen LogP contribution in [0, 0.1) is 5.82 Å². The van der Waals surface area contributed by atoms with Crippen LogP contribution in [0.2, 0.25) is 0 Å². The van der Waals surface area contributed by atoms with Gasteiger partial charge in [0.05, 0.1) is 7.11 Å². The van der Waals surface area contributed by atoms with Crippen molar-refractivity contribution in [2.45, 2.75) is 17.5 Å². The molecule has 0 saturated heterocycles. The lowest BCUT2D eigenvalue weighted by Gasteiger charge is -2.03. The van der Waals surface area contributed by atoms with Crippen molar-refractivity contribution in [1.29, 1.82) is 0 Å². The van der Waals surface area contributed by atoms with E-state index in [4.69, 9.17) is 0 Å². The van der Waals surface area contributed by atoms with E-state index >= 15 is 0 Å². The molecule has 100 valence electrons. The fourth-order valence-corrected chi connectivity index (χ4v) is 2.21. The number of methoxy groups -OCH3 is 1. The van der Waals surface area contributed by atoms with Crippen molar-refractivity contribution in [1.82, 2.24) is 20.2 Å². The van der Waals surface area contributed by atoms with E-state index in [9.17, 15) is 9.18 Å². The Morgan fingerprint density at radius 2 is 2.26 bits per heavy atom. The molecule has 0 amide bonds. The summed E-state index contributed by atoms with van der Waals surface area (Å²) in [6.07, 6.45) is 0. The van der Waals surface area contributed by atoms with Crippen LogP contribution < -0.4 is 0 Å². The van der Waals surface area contributed by atoms with Gasteiger partial charge in [0.25, 0.3) is 0 Å². The summed E-state index contributed by atoms with van der Waals surface area (Å²) in [5.74, 6) is -0.337. The minimum Gasteiger partial charge on any atom is -0.468 e. The van der Waals surface area contributed by atoms with Crippen LogP contribution in [0.25, 0.3) is 0 Å². The maximum atomic E-state index is 13.4. The van der Waals surface area contributed by atoms with Crippen molar-refractivity contribution in [2.24, 2.45) is 0 Å². The highest BCUT2D eigenvalue weighted by Crippen LogP contribution is 2.21. The first-order chi connectivity index (χ1) is 9.20. The zero-order chi connectivity index (χ0) is 13.7. The van der Waals surface area contributed by atoms with Gasteiger partial charge in [0.2, 0.25) is 5.16 Å². The number of hydrogen-bond acceptors (Lipinski definition) is 6. The highest BCUT2D eigenvalue weighted by atomic mass is 32.2. The molecule has 0 aliphatic carbocycles. The Morgan fingerprint density at radius 1 is 1.47 bits per heavy atom. The van der Waals surface area contributed by atoms with Crippen molar-refractivity contribution in [3.05, 3.63) is 35.6 Å². The van der Waals surface area contributed by atoms with Crippen molar-refractivity contribution in [3.8, 4) is 0 Å². The second kappa shape index (κ2) is 6.28. The Labute approximate surface area is 112 Å². The van der Waals surface area contributed by atoms with Crippen LogP contribution in [0.5, 0.6) is 0 Å². The molecule has 0 N–H and O–H groups in total. The van der Waals surface area contributed by atoms with Gasteiger partial charge in [-0.25, -0.2) is 9.07 Å². The van der Waals surface area contributed by atoms with Gasteiger partial charge in [0.15, 0.2) is 0 Å². The van der Waals surface area contributed by atoms with Crippen LogP contribution in [0.1, 0.15) is 5.56 Å². The summed E-state index contributed by atoms with van der Waals surface area (Å²) in [6.45, 7) is -0.0664. The zero-order valence-corrected chi connectivity index (χ0v) is 10.9. The lowest BCUT2D eigenvalue weighted by atomic mass is 10.2. The molecule has 0 aliphatic rings. The number of benzene rings is 1. The number of aromatic nitrogens is 4. The fraction of sp³-hybridized carbons (Fsp3) is 0.273. The first-order valence-corrected chi connectivity index (χ1v) is 6.38. The number of carbonyl (C=O) groups excluding carboxylic acids is 1. The van der Waals surface area contributed by atoms with E-state index < -0.39 is 5.97 Å². The van der Waals surface area contributed by atoms with Gasteiger partial charge in [-0.15, -0.1) is 5.10 Å². The molecule has 19 heavy (non-hydrogen) atoms. The monoisotopic (exact) mass is 282 g/mol. The molecule has 0 unspecified atom stereocenters. The molecule has 2 rings (SSSR count). The maximum absolute atomic E-state index is 13.4.